The number of pyridine rings is 1. The van der Waals surface area contributed by atoms with Crippen molar-refractivity contribution in [3.05, 3.63) is 64.5 Å². The third kappa shape index (κ3) is 5.87. The van der Waals surface area contributed by atoms with Crippen LogP contribution < -0.4 is 0 Å². The van der Waals surface area contributed by atoms with Crippen LogP contribution in [0.5, 0.6) is 0 Å². The maximum Gasteiger partial charge on any atom is 0.325 e. The van der Waals surface area contributed by atoms with E-state index in [2.05, 4.69) is 23.1 Å². The lowest BCUT2D eigenvalue weighted by Crippen LogP contribution is -2.34. The lowest BCUT2D eigenvalue weighted by molar-refractivity contribution is -0.143. The van der Waals surface area contributed by atoms with E-state index in [-0.39, 0.29) is 6.10 Å². The number of carboxylic acid groups (broad SMARTS) is 1. The summed E-state index contributed by atoms with van der Waals surface area (Å²) in [7, 11) is 0. The molecule has 0 radical (unpaired) electrons. The summed E-state index contributed by atoms with van der Waals surface area (Å²) in [5.74, 6) is -0.0109. The van der Waals surface area contributed by atoms with E-state index in [1.54, 1.807) is 0 Å². The summed E-state index contributed by atoms with van der Waals surface area (Å²) >= 11 is 0. The Bertz CT molecular complexity index is 987. The van der Waals surface area contributed by atoms with Crippen molar-refractivity contribution < 1.29 is 14.6 Å². The Balaban J connectivity index is 1.08. The topological polar surface area (TPSA) is 62.7 Å². The van der Waals surface area contributed by atoms with E-state index in [9.17, 15) is 9.90 Å². The number of fused-ring (bicyclic) bond motifs is 1. The van der Waals surface area contributed by atoms with Crippen molar-refractivity contribution in [1.29, 1.82) is 0 Å². The first-order valence-electron chi connectivity index (χ1n) is 13.3. The molecule has 0 bridgehead atoms. The van der Waals surface area contributed by atoms with E-state index < -0.39 is 12.0 Å². The highest BCUT2D eigenvalue weighted by atomic mass is 16.5. The number of rotatable bonds is 11. The van der Waals surface area contributed by atoms with Crippen molar-refractivity contribution >= 4 is 5.97 Å². The Morgan fingerprint density at radius 1 is 1.09 bits per heavy atom. The van der Waals surface area contributed by atoms with Crippen LogP contribution in [-0.4, -0.2) is 46.8 Å². The molecule has 5 rings (SSSR count). The number of hydrogen-bond donors (Lipinski definition) is 1. The molecule has 182 valence electrons. The minimum absolute atomic E-state index is 0.124. The lowest BCUT2D eigenvalue weighted by atomic mass is 9.95. The van der Waals surface area contributed by atoms with E-state index in [0.29, 0.717) is 6.54 Å². The van der Waals surface area contributed by atoms with Gasteiger partial charge in [-0.25, -0.2) is 0 Å². The molecule has 1 aromatic carbocycles. The van der Waals surface area contributed by atoms with Gasteiger partial charge >= 0.3 is 5.97 Å². The summed E-state index contributed by atoms with van der Waals surface area (Å²) < 4.78 is 6.18. The molecular weight excluding hydrogens is 424 g/mol. The van der Waals surface area contributed by atoms with E-state index in [0.717, 1.165) is 63.2 Å². The highest BCUT2D eigenvalue weighted by Gasteiger charge is 2.35. The van der Waals surface area contributed by atoms with Crippen molar-refractivity contribution in [3.8, 4) is 0 Å². The van der Waals surface area contributed by atoms with Crippen molar-refractivity contribution in [2.45, 2.75) is 82.8 Å². The number of benzene rings is 1. The normalized spacial score (nSPS) is 21.4. The number of aliphatic carboxylic acids is 1. The molecular formula is C29H38N2O3. The van der Waals surface area contributed by atoms with Crippen LogP contribution in [0.25, 0.3) is 0 Å². The molecule has 0 amide bonds. The smallest absolute Gasteiger partial charge is 0.325 e. The predicted molar refractivity (Wildman–Crippen MR) is 133 cm³/mol. The molecule has 1 saturated heterocycles. The second-order valence-electron chi connectivity index (χ2n) is 10.4. The Hall–Kier alpha value is -2.24. The average molecular weight is 463 g/mol. The number of aryl methyl sites for hydroxylation is 3. The van der Waals surface area contributed by atoms with Crippen LogP contribution in [-0.2, 0) is 35.2 Å². The van der Waals surface area contributed by atoms with Crippen LogP contribution in [0.15, 0.2) is 36.4 Å². The van der Waals surface area contributed by atoms with Gasteiger partial charge in [-0.2, -0.15) is 0 Å². The molecule has 1 N–H and O–H groups in total. The molecule has 1 saturated carbocycles. The van der Waals surface area contributed by atoms with Crippen molar-refractivity contribution in [1.82, 2.24) is 9.88 Å². The van der Waals surface area contributed by atoms with Crippen LogP contribution in [0.2, 0.25) is 0 Å². The van der Waals surface area contributed by atoms with Gasteiger partial charge in [-0.3, -0.25) is 14.7 Å². The second-order valence-corrected chi connectivity index (χ2v) is 10.4. The van der Waals surface area contributed by atoms with Crippen LogP contribution in [0.1, 0.15) is 79.1 Å². The van der Waals surface area contributed by atoms with Crippen molar-refractivity contribution in [2.24, 2.45) is 5.92 Å². The van der Waals surface area contributed by atoms with Crippen LogP contribution in [0.4, 0.5) is 0 Å². The molecule has 2 aromatic rings. The van der Waals surface area contributed by atoms with E-state index in [4.69, 9.17) is 9.72 Å². The number of aromatic nitrogens is 1. The molecule has 2 fully saturated rings. The minimum atomic E-state index is -0.749. The first-order chi connectivity index (χ1) is 16.7. The summed E-state index contributed by atoms with van der Waals surface area (Å²) in [6.45, 7) is 2.21. The molecule has 3 aliphatic rings. The molecule has 0 unspecified atom stereocenters. The van der Waals surface area contributed by atoms with Gasteiger partial charge in [0, 0.05) is 31.1 Å². The third-order valence-corrected chi connectivity index (χ3v) is 7.75. The van der Waals surface area contributed by atoms with Gasteiger partial charge in [0.1, 0.15) is 6.04 Å². The lowest BCUT2D eigenvalue weighted by Gasteiger charge is -2.26. The summed E-state index contributed by atoms with van der Waals surface area (Å²) in [6, 6.07) is 12.1. The Morgan fingerprint density at radius 3 is 2.79 bits per heavy atom. The van der Waals surface area contributed by atoms with Crippen LogP contribution in [0.3, 0.4) is 0 Å². The molecule has 2 aliphatic carbocycles. The number of unbranched alkanes of at least 4 members (excludes halogenated alkanes) is 1. The summed E-state index contributed by atoms with van der Waals surface area (Å²) in [4.78, 5) is 19.3. The van der Waals surface area contributed by atoms with Gasteiger partial charge in [-0.05, 0) is 99.3 Å². The largest absolute Gasteiger partial charge is 0.480 e. The van der Waals surface area contributed by atoms with Gasteiger partial charge in [0.25, 0.3) is 0 Å². The number of carbonyl (C=O) groups is 1. The van der Waals surface area contributed by atoms with Crippen molar-refractivity contribution in [2.75, 3.05) is 19.7 Å². The molecule has 2 atom stereocenters. The van der Waals surface area contributed by atoms with Gasteiger partial charge < -0.3 is 9.84 Å². The molecule has 1 aromatic heterocycles. The quantitative estimate of drug-likeness (QED) is 0.468. The number of nitrogens with zero attached hydrogens (tertiary/aromatic N) is 2. The summed E-state index contributed by atoms with van der Waals surface area (Å²) in [6.07, 6.45) is 12.6. The standard InChI is InChI=1S/C29H38N2O3/c32-29(33)28(26-10-3-1-8-23(26)19-21-12-13-21)31-17-16-25(20-31)34-18-6-5-9-24-15-14-22-7-2-4-11-27(22)30-24/h1,3,8,10,14-15,21,25,28H,2,4-7,9,11-13,16-20H2,(H,32,33)/t25-,28+/m1/s1. The monoisotopic (exact) mass is 462 g/mol. The minimum Gasteiger partial charge on any atom is -0.480 e. The molecule has 5 nitrogen and oxygen atoms in total. The Labute approximate surface area is 203 Å². The zero-order valence-corrected chi connectivity index (χ0v) is 20.3. The number of likely N-dealkylation sites (tertiary alicyclic amines) is 1. The highest BCUT2D eigenvalue weighted by Crippen LogP contribution is 2.36. The number of carboxylic acids is 1. The zero-order valence-electron chi connectivity index (χ0n) is 20.3. The van der Waals surface area contributed by atoms with Gasteiger partial charge in [0.15, 0.2) is 0 Å². The van der Waals surface area contributed by atoms with Gasteiger partial charge in [-0.15, -0.1) is 0 Å². The molecule has 0 spiro atoms. The van der Waals surface area contributed by atoms with Crippen LogP contribution >= 0.6 is 0 Å². The second kappa shape index (κ2) is 11.0. The van der Waals surface area contributed by atoms with Crippen LogP contribution in [0, 0.1) is 5.92 Å². The fourth-order valence-electron chi connectivity index (χ4n) is 5.66. The zero-order chi connectivity index (χ0) is 23.3. The molecule has 5 heteroatoms. The maximum atomic E-state index is 12.3. The highest BCUT2D eigenvalue weighted by molar-refractivity contribution is 5.76. The van der Waals surface area contributed by atoms with E-state index in [1.807, 2.05) is 18.2 Å². The van der Waals surface area contributed by atoms with E-state index >= 15 is 0 Å². The predicted octanol–water partition coefficient (Wildman–Crippen LogP) is 5.15. The maximum absolute atomic E-state index is 12.3. The fraction of sp³-hybridized carbons (Fsp3) is 0.586. The first kappa shape index (κ1) is 23.5. The first-order valence-corrected chi connectivity index (χ1v) is 13.3. The Kier molecular flexibility index (Phi) is 7.60. The van der Waals surface area contributed by atoms with Gasteiger partial charge in [0.2, 0.25) is 0 Å². The number of ether oxygens (including phenoxy) is 1. The molecule has 1 aliphatic heterocycles. The average Bonchev–Trinajstić information content (AvgIpc) is 3.55. The molecule has 34 heavy (non-hydrogen) atoms. The number of hydrogen-bond acceptors (Lipinski definition) is 4. The van der Waals surface area contributed by atoms with Crippen molar-refractivity contribution in [3.63, 3.8) is 0 Å². The summed E-state index contributed by atoms with van der Waals surface area (Å²) in [5.41, 5.74) is 6.15. The molecule has 2 heterocycles. The summed E-state index contributed by atoms with van der Waals surface area (Å²) in [5, 5.41) is 10.1. The van der Waals surface area contributed by atoms with E-state index in [1.165, 1.54) is 54.6 Å². The third-order valence-electron chi connectivity index (χ3n) is 7.75. The van der Waals surface area contributed by atoms with Gasteiger partial charge in [0.05, 0.1) is 6.10 Å². The Morgan fingerprint density at radius 2 is 1.94 bits per heavy atom. The SMILES string of the molecule is O=C(O)[C@H](c1ccccc1CC1CC1)N1CC[C@@H](OCCCCc2ccc3c(n2)CCCC3)C1. The fourth-order valence-corrected chi connectivity index (χ4v) is 5.66. The van der Waals surface area contributed by atoms with Gasteiger partial charge in [-0.1, -0.05) is 30.3 Å².